The fraction of sp³-hybridized carbons (Fsp3) is 0.117. The van der Waals surface area contributed by atoms with Gasteiger partial charge in [-0.15, -0.1) is 18.2 Å². The van der Waals surface area contributed by atoms with Crippen LogP contribution in [0.3, 0.4) is 0 Å². The van der Waals surface area contributed by atoms with Gasteiger partial charge in [0.15, 0.2) is 0 Å². The van der Waals surface area contributed by atoms with Gasteiger partial charge in [-0.1, -0.05) is 132 Å². The van der Waals surface area contributed by atoms with Gasteiger partial charge in [-0.3, -0.25) is 4.98 Å². The summed E-state index contributed by atoms with van der Waals surface area (Å²) < 4.78 is 10.4. The summed E-state index contributed by atoms with van der Waals surface area (Å²) in [7, 11) is 0. The van der Waals surface area contributed by atoms with Crippen LogP contribution in [-0.4, -0.2) is 32.8 Å². The van der Waals surface area contributed by atoms with Gasteiger partial charge in [0, 0.05) is 42.2 Å². The zero-order valence-corrected chi connectivity index (χ0v) is 42.8. The van der Waals surface area contributed by atoms with Gasteiger partial charge in [0.1, 0.15) is 0 Å². The Kier molecular flexibility index (Phi) is 13.3. The molecule has 7 heteroatoms. The fourth-order valence-electron chi connectivity index (χ4n) is 8.94. The third kappa shape index (κ3) is 9.35. The topological polar surface area (TPSA) is 56.7 Å². The molecule has 4 heterocycles. The molecule has 0 saturated heterocycles. The second-order valence-electron chi connectivity index (χ2n) is 18.2. The molecule has 7 aromatic carbocycles. The summed E-state index contributed by atoms with van der Waals surface area (Å²) in [5, 5.41) is 1.94. The normalized spacial score (nSPS) is 11.4. The van der Waals surface area contributed by atoms with Gasteiger partial charge in [-0.25, -0.2) is 4.98 Å². The van der Waals surface area contributed by atoms with Crippen LogP contribution < -0.4 is 4.40 Å². The van der Waals surface area contributed by atoms with Crippen LogP contribution in [0.15, 0.2) is 199 Å². The Morgan fingerprint density at radius 2 is 1.24 bits per heavy atom. The number of nitrogens with zero attached hydrogens (tertiary/aromatic N) is 4. The van der Waals surface area contributed by atoms with E-state index in [-0.39, 0.29) is 20.1 Å². The molecule has 0 spiro atoms. The zero-order chi connectivity index (χ0) is 45.2. The minimum atomic E-state index is -1.86. The van der Waals surface area contributed by atoms with E-state index >= 15 is 0 Å². The molecule has 0 amide bonds. The van der Waals surface area contributed by atoms with Gasteiger partial charge < -0.3 is 8.98 Å². The summed E-state index contributed by atoms with van der Waals surface area (Å²) in [6.45, 7) is 4.57. The predicted molar refractivity (Wildman–Crippen MR) is 277 cm³/mol. The number of para-hydroxylation sites is 3. The van der Waals surface area contributed by atoms with Crippen molar-refractivity contribution in [2.75, 3.05) is 0 Å². The molecule has 4 aromatic heterocycles. The van der Waals surface area contributed by atoms with E-state index in [0.29, 0.717) is 17.2 Å². The maximum absolute atomic E-state index is 6.62. The van der Waals surface area contributed by atoms with Crippen molar-refractivity contribution in [3.8, 4) is 61.8 Å². The van der Waals surface area contributed by atoms with Crippen molar-refractivity contribution in [2.24, 2.45) is 5.92 Å². The van der Waals surface area contributed by atoms with E-state index < -0.39 is 13.3 Å². The Morgan fingerprint density at radius 3 is 1.88 bits per heavy atom. The third-order valence-electron chi connectivity index (χ3n) is 12.0. The largest absolute Gasteiger partial charge is 0.486 e. The van der Waals surface area contributed by atoms with E-state index in [4.69, 9.17) is 19.4 Å². The Morgan fingerprint density at radius 1 is 0.597 bits per heavy atom. The van der Waals surface area contributed by atoms with Gasteiger partial charge in [-0.05, 0) is 35.4 Å². The molecule has 0 aliphatic heterocycles. The summed E-state index contributed by atoms with van der Waals surface area (Å²) in [6, 6.07) is 71.4. The van der Waals surface area contributed by atoms with Crippen LogP contribution in [0.2, 0.25) is 17.3 Å². The first-order chi connectivity index (χ1) is 32.2. The number of imidazole rings is 1. The summed E-state index contributed by atoms with van der Waals surface area (Å²) >= 11 is -1.86. The van der Waals surface area contributed by atoms with E-state index in [2.05, 4.69) is 194 Å². The molecule has 0 bridgehead atoms. The predicted octanol–water partition coefficient (Wildman–Crippen LogP) is 15.1. The molecule has 0 aliphatic rings. The summed E-state index contributed by atoms with van der Waals surface area (Å²) in [5.74, 6) is 8.75. The molecule has 0 fully saturated rings. The smallest absolute Gasteiger partial charge is 0.216 e. The minimum Gasteiger partial charge on any atom is -0.486 e. The van der Waals surface area contributed by atoms with Gasteiger partial charge in [0.25, 0.3) is 0 Å². The maximum atomic E-state index is 6.62. The molecule has 67 heavy (non-hydrogen) atoms. The van der Waals surface area contributed by atoms with Crippen molar-refractivity contribution in [1.29, 1.82) is 0 Å². The third-order valence-corrected chi connectivity index (χ3v) is 16.3. The number of benzene rings is 7. The number of furan rings is 1. The van der Waals surface area contributed by atoms with Crippen LogP contribution >= 0.6 is 0 Å². The average Bonchev–Trinajstić information content (AvgIpc) is 3.93. The van der Waals surface area contributed by atoms with Crippen LogP contribution in [0.5, 0.6) is 0 Å². The van der Waals surface area contributed by atoms with Crippen molar-refractivity contribution in [3.63, 3.8) is 0 Å². The van der Waals surface area contributed by atoms with Gasteiger partial charge in [0.05, 0.1) is 33.8 Å². The number of pyridine rings is 2. The fourth-order valence-corrected chi connectivity index (χ4v) is 12.3. The van der Waals surface area contributed by atoms with Crippen molar-refractivity contribution < 1.29 is 24.5 Å². The van der Waals surface area contributed by atoms with E-state index in [0.717, 1.165) is 90.1 Å². The van der Waals surface area contributed by atoms with Crippen molar-refractivity contribution in [1.82, 2.24) is 19.5 Å². The molecule has 0 unspecified atom stereocenters. The minimum absolute atomic E-state index is 0. The molecule has 1 radical (unpaired) electrons. The molecule has 331 valence electrons. The molecule has 0 atom stereocenters. The second-order valence-corrected chi connectivity index (χ2v) is 28.7. The molecule has 0 N–H and O–H groups in total. The first-order valence-corrected chi connectivity index (χ1v) is 30.0. The van der Waals surface area contributed by atoms with Gasteiger partial charge in [0.2, 0.25) is 5.71 Å². The van der Waals surface area contributed by atoms with Gasteiger partial charge >= 0.3 is 126 Å². The average molecular weight is 1110 g/mol. The Hall–Kier alpha value is -6.70. The Bertz CT molecular complexity index is 3390. The first kappa shape index (κ1) is 45.5. The number of aromatic nitrogens is 4. The summed E-state index contributed by atoms with van der Waals surface area (Å²) in [5.41, 5.74) is 15.1. The maximum Gasteiger partial charge on any atom is 0.216 e. The zero-order valence-electron chi connectivity index (χ0n) is 38.3. The van der Waals surface area contributed by atoms with Crippen LogP contribution in [0.1, 0.15) is 19.4 Å². The van der Waals surface area contributed by atoms with Crippen LogP contribution in [0.25, 0.3) is 94.9 Å². The van der Waals surface area contributed by atoms with E-state index in [1.54, 1.807) is 4.40 Å². The van der Waals surface area contributed by atoms with Crippen molar-refractivity contribution in [3.05, 3.63) is 212 Å². The quantitative estimate of drug-likeness (QED) is 0.107. The summed E-state index contributed by atoms with van der Waals surface area (Å²) in [6.07, 6.45) is 3.27. The first-order valence-electron chi connectivity index (χ1n) is 22.7. The van der Waals surface area contributed by atoms with Crippen LogP contribution in [0, 0.1) is 18.1 Å². The molecule has 0 aliphatic carbocycles. The molecule has 11 aromatic rings. The van der Waals surface area contributed by atoms with Crippen molar-refractivity contribution >= 4 is 50.8 Å². The van der Waals surface area contributed by atoms with E-state index in [1.807, 2.05) is 48.5 Å². The Labute approximate surface area is 409 Å². The molecular weight excluding hydrogens is 1060 g/mol. The van der Waals surface area contributed by atoms with Gasteiger partial charge in [-0.2, -0.15) is 0 Å². The van der Waals surface area contributed by atoms with E-state index in [1.165, 1.54) is 5.56 Å². The molecule has 0 saturated carbocycles. The number of fused-ring (bicyclic) bond motifs is 4. The molecule has 11 rings (SSSR count). The summed E-state index contributed by atoms with van der Waals surface area (Å²) in [4.78, 5) is 14.9. The number of rotatable bonds is 9. The monoisotopic (exact) mass is 1110 g/mol. The van der Waals surface area contributed by atoms with Crippen LogP contribution in [-0.2, 0) is 26.5 Å². The number of hydrogen-bond acceptors (Lipinski definition) is 4. The Balaban J connectivity index is 0.000000226. The standard InChI is InChI=1S/C42H26N3O.C18H24GeN.Ir/c1-4-14-28(15-5-1)31-20-12-21-32(29-16-6-2-7-17-29)39(31)45-38-25-11-10-24-37(38)43-41(45)35-23-13-22-33-34-26-27-36(30-18-8-3-9-19-30)44-42(34)46-40(33)35;1-14(2)11-16-12-18(15-9-7-6-8-10-15)20-13-17(16)19(3,4)5;/h1-22,24-27H;6-9,12-14H,11H2,1-5H3;/q2*-1;. The van der Waals surface area contributed by atoms with Crippen LogP contribution in [0.4, 0.5) is 0 Å². The molecule has 5 nitrogen and oxygen atoms in total. The number of hydrogen-bond donors (Lipinski definition) is 0. The molecular formula is C60H50GeIrN4O-2. The van der Waals surface area contributed by atoms with Crippen molar-refractivity contribution in [2.45, 2.75) is 37.5 Å². The van der Waals surface area contributed by atoms with E-state index in [9.17, 15) is 0 Å². The SMILES string of the molecule is CC(C)Cc1cc(-c2[c-]cccc2)nc[c]1[Ge]([CH3])([CH3])[CH3].[Ir].[c-]1ccc2c(oc3nc(-c4ccccc4)ccc32)c1-c1nc2ccccc2n1-c1c(-c2ccccc2)cccc1-c1ccccc1. The second kappa shape index (κ2) is 19.6.